The number of benzene rings is 2. The molecular formula is C31H39FN4O2. The molecule has 0 aromatic heterocycles. The van der Waals surface area contributed by atoms with Crippen molar-refractivity contribution < 1.29 is 14.0 Å². The number of rotatable bonds is 5. The molecule has 1 spiro atoms. The summed E-state index contributed by atoms with van der Waals surface area (Å²) >= 11 is 0. The maximum atomic E-state index is 14.1. The van der Waals surface area contributed by atoms with E-state index in [4.69, 9.17) is 0 Å². The van der Waals surface area contributed by atoms with Gasteiger partial charge in [0.2, 0.25) is 5.91 Å². The second-order valence-corrected chi connectivity index (χ2v) is 11.8. The highest BCUT2D eigenvalue weighted by molar-refractivity contribution is 6.10. The first-order valence-electron chi connectivity index (χ1n) is 14.4. The lowest BCUT2D eigenvalue weighted by molar-refractivity contribution is -0.132. The molecule has 1 unspecified atom stereocenters. The summed E-state index contributed by atoms with van der Waals surface area (Å²) < 4.78 is 13.5. The number of hydrogen-bond acceptors (Lipinski definition) is 5. The third-order valence-electron chi connectivity index (χ3n) is 9.60. The Hall–Kier alpha value is -2.77. The number of carbonyl (C=O) groups is 2. The molecule has 38 heavy (non-hydrogen) atoms. The molecule has 0 bridgehead atoms. The Kier molecular flexibility index (Phi) is 6.99. The van der Waals surface area contributed by atoms with Gasteiger partial charge in [0.05, 0.1) is 11.5 Å². The number of nitrogens with one attached hydrogen (secondary N) is 1. The van der Waals surface area contributed by atoms with Crippen molar-refractivity contribution >= 4 is 23.1 Å². The lowest BCUT2D eigenvalue weighted by Gasteiger charge is -2.47. The van der Waals surface area contributed by atoms with Crippen molar-refractivity contribution in [3.8, 4) is 0 Å². The number of amides is 1. The molecular weight excluding hydrogens is 479 g/mol. The molecule has 2 aromatic carbocycles. The van der Waals surface area contributed by atoms with E-state index >= 15 is 0 Å². The number of ketones is 1. The van der Waals surface area contributed by atoms with E-state index in [0.717, 1.165) is 44.7 Å². The SMILES string of the molecule is C[C@H]1CCCN1[C@H]1CCN(c2ccc(N3C(=O)C4(CCNCC4)CCC3C(=O)c3ccc(F)cc3)cc2)C1. The van der Waals surface area contributed by atoms with Crippen LogP contribution in [0.25, 0.3) is 0 Å². The van der Waals surface area contributed by atoms with E-state index < -0.39 is 11.5 Å². The second kappa shape index (κ2) is 10.4. The van der Waals surface area contributed by atoms with Crippen LogP contribution in [0, 0.1) is 11.2 Å². The van der Waals surface area contributed by atoms with E-state index in [9.17, 15) is 14.0 Å². The summed E-state index contributed by atoms with van der Waals surface area (Å²) in [6.45, 7) is 7.27. The summed E-state index contributed by atoms with van der Waals surface area (Å²) in [4.78, 5) is 34.7. The molecule has 202 valence electrons. The minimum absolute atomic E-state index is 0.0581. The van der Waals surface area contributed by atoms with Crippen LogP contribution in [0.15, 0.2) is 48.5 Å². The summed E-state index contributed by atoms with van der Waals surface area (Å²) in [5.41, 5.74) is 1.98. The van der Waals surface area contributed by atoms with Gasteiger partial charge in [-0.1, -0.05) is 0 Å². The summed E-state index contributed by atoms with van der Waals surface area (Å²) in [5, 5.41) is 3.38. The van der Waals surface area contributed by atoms with Gasteiger partial charge in [-0.05, 0) is 120 Å². The van der Waals surface area contributed by atoms with E-state index in [1.54, 1.807) is 4.90 Å². The zero-order valence-electron chi connectivity index (χ0n) is 22.4. The molecule has 4 heterocycles. The van der Waals surface area contributed by atoms with Gasteiger partial charge >= 0.3 is 0 Å². The Balaban J connectivity index is 1.25. The maximum Gasteiger partial charge on any atom is 0.233 e. The molecule has 6 rings (SSSR count). The number of nitrogens with zero attached hydrogens (tertiary/aromatic N) is 3. The number of piperidine rings is 2. The predicted molar refractivity (Wildman–Crippen MR) is 148 cm³/mol. The van der Waals surface area contributed by atoms with Gasteiger partial charge in [-0.15, -0.1) is 0 Å². The fourth-order valence-corrected chi connectivity index (χ4v) is 7.34. The van der Waals surface area contributed by atoms with E-state index in [-0.39, 0.29) is 17.5 Å². The minimum atomic E-state index is -0.577. The summed E-state index contributed by atoms with van der Waals surface area (Å²) in [5.74, 6) is -0.429. The molecule has 7 heteroatoms. The average molecular weight is 519 g/mol. The van der Waals surface area contributed by atoms with Crippen LogP contribution in [0.1, 0.15) is 62.2 Å². The third kappa shape index (κ3) is 4.64. The molecule has 4 aliphatic rings. The zero-order chi connectivity index (χ0) is 26.3. The van der Waals surface area contributed by atoms with Crippen molar-refractivity contribution in [2.24, 2.45) is 5.41 Å². The van der Waals surface area contributed by atoms with Crippen molar-refractivity contribution in [3.05, 3.63) is 59.9 Å². The normalized spacial score (nSPS) is 27.8. The molecule has 4 fully saturated rings. The number of anilines is 2. The number of Topliss-reactive ketones (excluding diaryl/α,β-unsaturated/α-hetero) is 1. The van der Waals surface area contributed by atoms with Gasteiger partial charge in [-0.3, -0.25) is 14.5 Å². The van der Waals surface area contributed by atoms with Gasteiger partial charge in [-0.25, -0.2) is 4.39 Å². The summed E-state index contributed by atoms with van der Waals surface area (Å²) in [6.07, 6.45) is 6.69. The van der Waals surface area contributed by atoms with Crippen LogP contribution in [-0.4, -0.2) is 67.4 Å². The molecule has 0 aliphatic carbocycles. The zero-order valence-corrected chi connectivity index (χ0v) is 22.4. The van der Waals surface area contributed by atoms with E-state index in [0.29, 0.717) is 30.5 Å². The fourth-order valence-electron chi connectivity index (χ4n) is 7.34. The molecule has 4 saturated heterocycles. The van der Waals surface area contributed by atoms with E-state index in [1.165, 1.54) is 55.8 Å². The Morgan fingerprint density at radius 3 is 2.32 bits per heavy atom. The first kappa shape index (κ1) is 25.5. The van der Waals surface area contributed by atoms with Crippen molar-refractivity contribution in [2.45, 2.75) is 70.0 Å². The van der Waals surface area contributed by atoms with Crippen LogP contribution >= 0.6 is 0 Å². The Morgan fingerprint density at radius 2 is 1.63 bits per heavy atom. The van der Waals surface area contributed by atoms with Gasteiger partial charge in [0, 0.05) is 42.1 Å². The quantitative estimate of drug-likeness (QED) is 0.585. The number of hydrogen-bond donors (Lipinski definition) is 1. The topological polar surface area (TPSA) is 55.9 Å². The molecule has 6 nitrogen and oxygen atoms in total. The number of carbonyl (C=O) groups excluding carboxylic acids is 2. The van der Waals surface area contributed by atoms with Gasteiger partial charge < -0.3 is 15.1 Å². The van der Waals surface area contributed by atoms with Crippen LogP contribution in [0.4, 0.5) is 15.8 Å². The Morgan fingerprint density at radius 1 is 0.921 bits per heavy atom. The Labute approximate surface area is 225 Å². The molecule has 0 radical (unpaired) electrons. The van der Waals surface area contributed by atoms with Crippen LogP contribution < -0.4 is 15.1 Å². The first-order chi connectivity index (χ1) is 18.4. The highest BCUT2D eigenvalue weighted by atomic mass is 19.1. The van der Waals surface area contributed by atoms with Crippen molar-refractivity contribution in [1.29, 1.82) is 0 Å². The lowest BCUT2D eigenvalue weighted by Crippen LogP contribution is -2.59. The molecule has 1 N–H and O–H groups in total. The van der Waals surface area contributed by atoms with Crippen molar-refractivity contribution in [3.63, 3.8) is 0 Å². The van der Waals surface area contributed by atoms with E-state index in [2.05, 4.69) is 34.2 Å². The molecule has 0 saturated carbocycles. The molecule has 3 atom stereocenters. The van der Waals surface area contributed by atoms with Gasteiger partial charge in [-0.2, -0.15) is 0 Å². The van der Waals surface area contributed by atoms with Crippen LogP contribution in [0.5, 0.6) is 0 Å². The average Bonchev–Trinajstić information content (AvgIpc) is 3.60. The van der Waals surface area contributed by atoms with Gasteiger partial charge in [0.15, 0.2) is 5.78 Å². The van der Waals surface area contributed by atoms with Crippen LogP contribution in [0.2, 0.25) is 0 Å². The smallest absolute Gasteiger partial charge is 0.233 e. The van der Waals surface area contributed by atoms with E-state index in [1.807, 2.05) is 12.1 Å². The largest absolute Gasteiger partial charge is 0.370 e. The third-order valence-corrected chi connectivity index (χ3v) is 9.60. The lowest BCUT2D eigenvalue weighted by atomic mass is 9.69. The highest BCUT2D eigenvalue weighted by Crippen LogP contribution is 2.44. The molecule has 4 aliphatic heterocycles. The van der Waals surface area contributed by atoms with Crippen LogP contribution in [-0.2, 0) is 4.79 Å². The first-order valence-corrected chi connectivity index (χ1v) is 14.4. The number of likely N-dealkylation sites (tertiary alicyclic amines) is 1. The predicted octanol–water partition coefficient (Wildman–Crippen LogP) is 4.64. The standard InChI is InChI=1S/C31H39FN4O2/c1-22-3-2-19-35(22)27-13-20-34(21-27)25-8-10-26(11-9-25)36-28(29(37)23-4-6-24(32)7-5-23)12-14-31(30(36)38)15-17-33-18-16-31/h4-11,22,27-28,33H,2-3,12-21H2,1H3/t22-,27-,28?/m0/s1. The van der Waals surface area contributed by atoms with Crippen molar-refractivity contribution in [2.75, 3.05) is 42.5 Å². The summed E-state index contributed by atoms with van der Waals surface area (Å²) in [6, 6.07) is 14.7. The van der Waals surface area contributed by atoms with Crippen molar-refractivity contribution in [1.82, 2.24) is 10.2 Å². The van der Waals surface area contributed by atoms with Gasteiger partial charge in [0.25, 0.3) is 0 Å². The minimum Gasteiger partial charge on any atom is -0.370 e. The van der Waals surface area contributed by atoms with Crippen LogP contribution in [0.3, 0.4) is 0 Å². The summed E-state index contributed by atoms with van der Waals surface area (Å²) in [7, 11) is 0. The molecule has 1 amide bonds. The monoisotopic (exact) mass is 518 g/mol. The Bertz CT molecular complexity index is 1160. The maximum absolute atomic E-state index is 14.1. The second-order valence-electron chi connectivity index (χ2n) is 11.8. The molecule has 2 aromatic rings. The highest BCUT2D eigenvalue weighted by Gasteiger charge is 2.49. The fraction of sp³-hybridized carbons (Fsp3) is 0.548. The number of halogens is 1. The van der Waals surface area contributed by atoms with Gasteiger partial charge in [0.1, 0.15) is 5.82 Å².